The van der Waals surface area contributed by atoms with Gasteiger partial charge in [0.1, 0.15) is 11.5 Å². The fraction of sp³-hybridized carbons (Fsp3) is 0.368. The summed E-state index contributed by atoms with van der Waals surface area (Å²) in [6.07, 6.45) is 7.67. The molecule has 0 saturated carbocycles. The molecule has 3 nitrogen and oxygen atoms in total. The molecule has 0 radical (unpaired) electrons. The Balaban J connectivity index is 1.30. The first-order valence-corrected chi connectivity index (χ1v) is 19.5. The van der Waals surface area contributed by atoms with Gasteiger partial charge in [0.2, 0.25) is 0 Å². The largest absolute Gasteiger partial charge is 0.493 e. The molecule has 7 rings (SSSR count). The van der Waals surface area contributed by atoms with E-state index in [1.54, 1.807) is 11.3 Å². The van der Waals surface area contributed by atoms with Gasteiger partial charge in [0, 0.05) is 57.0 Å². The Morgan fingerprint density at radius 3 is 1.87 bits per heavy atom. The molecule has 0 unspecified atom stereocenters. The zero-order valence-electron chi connectivity index (χ0n) is 26.8. The molecule has 0 aliphatic heterocycles. The summed E-state index contributed by atoms with van der Waals surface area (Å²) in [4.78, 5) is 5.32. The van der Waals surface area contributed by atoms with E-state index < -0.39 is 0 Å². The van der Waals surface area contributed by atoms with Crippen molar-refractivity contribution in [2.75, 3.05) is 19.8 Å². The molecule has 0 bridgehead atoms. The molecule has 0 amide bonds. The second-order valence-corrected chi connectivity index (χ2v) is 16.4. The van der Waals surface area contributed by atoms with Gasteiger partial charge >= 0.3 is 0 Å². The fourth-order valence-corrected chi connectivity index (χ4v) is 10.8. The standard InChI is InChI=1S/C38H40O3S4/c1-6-9-10-11-12-13-14-41-34-21-30-37(45-34)23(5)43-38(30)33-18-25-17-27-29(20-32(25)44-33)35(39-7-2)26-16-24-15-22(4)42-31(24)19-28(26)36(27)40-8-3/h15-21H,6-14H2,1-5H3. The van der Waals surface area contributed by atoms with Gasteiger partial charge in [-0.2, -0.15) is 0 Å². The van der Waals surface area contributed by atoms with Crippen LogP contribution in [0.15, 0.2) is 42.5 Å². The Labute approximate surface area is 281 Å². The Hall–Kier alpha value is -2.84. The first-order chi connectivity index (χ1) is 22.0. The lowest BCUT2D eigenvalue weighted by molar-refractivity contribution is 0.313. The van der Waals surface area contributed by atoms with E-state index in [-0.39, 0.29) is 0 Å². The number of benzene rings is 3. The lowest BCUT2D eigenvalue weighted by atomic mass is 9.98. The number of hydrogen-bond donors (Lipinski definition) is 0. The Kier molecular flexibility index (Phi) is 8.97. The summed E-state index contributed by atoms with van der Waals surface area (Å²) >= 11 is 7.40. The van der Waals surface area contributed by atoms with Crippen LogP contribution in [0.25, 0.3) is 61.6 Å². The quantitative estimate of drug-likeness (QED) is 0.0901. The Morgan fingerprint density at radius 1 is 0.556 bits per heavy atom. The van der Waals surface area contributed by atoms with E-state index in [1.807, 2.05) is 34.0 Å². The van der Waals surface area contributed by atoms with Gasteiger partial charge in [-0.15, -0.1) is 34.0 Å². The van der Waals surface area contributed by atoms with E-state index >= 15 is 0 Å². The van der Waals surface area contributed by atoms with Crippen molar-refractivity contribution in [2.24, 2.45) is 0 Å². The number of aryl methyl sites for hydroxylation is 2. The van der Waals surface area contributed by atoms with Crippen LogP contribution in [-0.4, -0.2) is 19.8 Å². The summed E-state index contributed by atoms with van der Waals surface area (Å²) < 4.78 is 23.0. The molecule has 45 heavy (non-hydrogen) atoms. The fourth-order valence-electron chi connectivity index (χ4n) is 6.42. The zero-order valence-corrected chi connectivity index (χ0v) is 30.0. The van der Waals surface area contributed by atoms with Crippen LogP contribution in [0.4, 0.5) is 0 Å². The first-order valence-electron chi connectivity index (χ1n) is 16.3. The van der Waals surface area contributed by atoms with Crippen LogP contribution in [0.5, 0.6) is 16.6 Å². The highest BCUT2D eigenvalue weighted by Crippen LogP contribution is 2.51. The topological polar surface area (TPSA) is 27.7 Å². The summed E-state index contributed by atoms with van der Waals surface area (Å²) in [7, 11) is 0. The minimum Gasteiger partial charge on any atom is -0.493 e. The van der Waals surface area contributed by atoms with E-state index in [2.05, 4.69) is 77.1 Å². The van der Waals surface area contributed by atoms with Crippen molar-refractivity contribution in [3.8, 4) is 26.3 Å². The van der Waals surface area contributed by atoms with Crippen molar-refractivity contribution in [3.63, 3.8) is 0 Å². The normalized spacial score (nSPS) is 12.0. The van der Waals surface area contributed by atoms with Gasteiger partial charge in [-0.3, -0.25) is 0 Å². The second-order valence-electron chi connectivity index (χ2n) is 11.8. The maximum atomic E-state index is 6.43. The third kappa shape index (κ3) is 5.82. The number of thiophene rings is 4. The second kappa shape index (κ2) is 13.1. The number of unbranched alkanes of at least 4 members (excludes halogenated alkanes) is 5. The zero-order chi connectivity index (χ0) is 31.1. The summed E-state index contributed by atoms with van der Waals surface area (Å²) in [5.74, 6) is 1.90. The smallest absolute Gasteiger partial charge is 0.175 e. The summed E-state index contributed by atoms with van der Waals surface area (Å²) in [6, 6.07) is 16.2. The molecule has 0 atom stereocenters. The van der Waals surface area contributed by atoms with Crippen molar-refractivity contribution in [1.82, 2.24) is 0 Å². The molecular formula is C38H40O3S4. The van der Waals surface area contributed by atoms with Gasteiger partial charge in [0.15, 0.2) is 5.06 Å². The lowest BCUT2D eigenvalue weighted by Gasteiger charge is -2.17. The van der Waals surface area contributed by atoms with Crippen LogP contribution < -0.4 is 14.2 Å². The van der Waals surface area contributed by atoms with E-state index in [0.29, 0.717) is 13.2 Å². The number of rotatable bonds is 13. The predicted octanol–water partition coefficient (Wildman–Crippen LogP) is 13.5. The third-order valence-corrected chi connectivity index (χ3v) is 13.2. The average Bonchev–Trinajstić information content (AvgIpc) is 3.79. The van der Waals surface area contributed by atoms with Gasteiger partial charge < -0.3 is 14.2 Å². The molecule has 0 aliphatic rings. The molecule has 7 aromatic rings. The molecule has 7 heteroatoms. The highest BCUT2D eigenvalue weighted by molar-refractivity contribution is 7.30. The Bertz CT molecular complexity index is 2040. The molecule has 0 saturated heterocycles. The monoisotopic (exact) mass is 672 g/mol. The maximum absolute atomic E-state index is 6.43. The average molecular weight is 673 g/mol. The highest BCUT2D eigenvalue weighted by Gasteiger charge is 2.21. The summed E-state index contributed by atoms with van der Waals surface area (Å²) in [6.45, 7) is 12.9. The Morgan fingerprint density at radius 2 is 1.18 bits per heavy atom. The van der Waals surface area contributed by atoms with Crippen LogP contribution in [0, 0.1) is 13.8 Å². The third-order valence-electron chi connectivity index (χ3n) is 8.49. The van der Waals surface area contributed by atoms with E-state index in [1.165, 1.54) is 81.9 Å². The van der Waals surface area contributed by atoms with E-state index in [9.17, 15) is 0 Å². The van der Waals surface area contributed by atoms with Crippen LogP contribution in [0.2, 0.25) is 0 Å². The predicted molar refractivity (Wildman–Crippen MR) is 202 cm³/mol. The molecule has 234 valence electrons. The summed E-state index contributed by atoms with van der Waals surface area (Å²) in [5.41, 5.74) is 0. The van der Waals surface area contributed by atoms with E-state index in [4.69, 9.17) is 14.2 Å². The number of fused-ring (bicyclic) bond motifs is 5. The molecule has 3 aromatic carbocycles. The van der Waals surface area contributed by atoms with Gasteiger partial charge in [-0.25, -0.2) is 0 Å². The number of ether oxygens (including phenoxy) is 3. The number of hydrogen-bond acceptors (Lipinski definition) is 7. The van der Waals surface area contributed by atoms with Crippen LogP contribution in [-0.2, 0) is 0 Å². The molecule has 4 heterocycles. The maximum Gasteiger partial charge on any atom is 0.175 e. The van der Waals surface area contributed by atoms with Crippen molar-refractivity contribution in [1.29, 1.82) is 0 Å². The minimum absolute atomic E-state index is 0.612. The molecular weight excluding hydrogens is 633 g/mol. The van der Waals surface area contributed by atoms with Crippen molar-refractivity contribution in [3.05, 3.63) is 52.2 Å². The van der Waals surface area contributed by atoms with Gasteiger partial charge in [0.05, 0.1) is 29.4 Å². The van der Waals surface area contributed by atoms with Crippen molar-refractivity contribution < 1.29 is 14.2 Å². The van der Waals surface area contributed by atoms with Crippen LogP contribution in [0.3, 0.4) is 0 Å². The molecule has 0 spiro atoms. The van der Waals surface area contributed by atoms with E-state index in [0.717, 1.165) is 51.1 Å². The SMILES string of the molecule is CCCCCCCCOc1cc2c(-c3cc4cc5c(OCC)c6cc7sc(C)cc7cc6c(OCC)c5cc4s3)sc(C)c2s1. The molecule has 0 fully saturated rings. The van der Waals surface area contributed by atoms with Crippen LogP contribution in [0.1, 0.15) is 69.1 Å². The van der Waals surface area contributed by atoms with Crippen molar-refractivity contribution >= 4 is 97.2 Å². The van der Waals surface area contributed by atoms with Crippen molar-refractivity contribution in [2.45, 2.75) is 73.1 Å². The first kappa shape index (κ1) is 30.8. The van der Waals surface area contributed by atoms with Gasteiger partial charge in [0.25, 0.3) is 0 Å². The summed E-state index contributed by atoms with van der Waals surface area (Å²) in [5, 5.41) is 9.35. The molecule has 0 N–H and O–H groups in total. The van der Waals surface area contributed by atoms with Crippen LogP contribution >= 0.6 is 45.3 Å². The molecule has 4 aromatic heterocycles. The lowest BCUT2D eigenvalue weighted by Crippen LogP contribution is -1.98. The highest BCUT2D eigenvalue weighted by atomic mass is 32.1. The van der Waals surface area contributed by atoms with Gasteiger partial charge in [-0.1, -0.05) is 50.4 Å². The minimum atomic E-state index is 0.612. The van der Waals surface area contributed by atoms with Gasteiger partial charge in [-0.05, 0) is 81.3 Å². The molecule has 0 aliphatic carbocycles.